The first-order valence-electron chi connectivity index (χ1n) is 8.62. The summed E-state index contributed by atoms with van der Waals surface area (Å²) in [6.45, 7) is 4.23. The van der Waals surface area contributed by atoms with E-state index in [0.29, 0.717) is 0 Å². The molecule has 0 spiro atoms. The van der Waals surface area contributed by atoms with Crippen molar-refractivity contribution >= 4 is 24.6 Å². The number of rotatable bonds is 7. The zero-order chi connectivity index (χ0) is 17.5. The van der Waals surface area contributed by atoms with E-state index in [2.05, 4.69) is 103 Å². The van der Waals surface area contributed by atoms with Crippen molar-refractivity contribution in [3.8, 4) is 0 Å². The maximum atomic E-state index is 3.60. The summed E-state index contributed by atoms with van der Waals surface area (Å²) in [5.74, 6) is 0. The highest BCUT2D eigenvalue weighted by molar-refractivity contribution is 7.65. The first kappa shape index (κ1) is 17.5. The molecule has 0 heterocycles. The summed E-state index contributed by atoms with van der Waals surface area (Å²) in [6.07, 6.45) is 1.92. The minimum atomic E-state index is -0.341. The molecule has 0 saturated heterocycles. The summed E-state index contributed by atoms with van der Waals surface area (Å²) in [7, 11) is -0.341. The predicted molar refractivity (Wildman–Crippen MR) is 112 cm³/mol. The third-order valence-electron chi connectivity index (χ3n) is 4.17. The highest BCUT2D eigenvalue weighted by Crippen LogP contribution is 2.34. The minimum Gasteiger partial charge on any atom is -0.381 e. The van der Waals surface area contributed by atoms with Gasteiger partial charge in [-0.25, -0.2) is 0 Å². The Hall–Kier alpha value is -2.31. The van der Waals surface area contributed by atoms with E-state index in [4.69, 9.17) is 0 Å². The van der Waals surface area contributed by atoms with E-state index in [-0.39, 0.29) is 7.92 Å². The lowest BCUT2D eigenvalue weighted by Crippen LogP contribution is -2.15. The Morgan fingerprint density at radius 2 is 1.04 bits per heavy atom. The van der Waals surface area contributed by atoms with Crippen LogP contribution < -0.4 is 15.9 Å². The highest BCUT2D eigenvalue weighted by atomic mass is 31.1. The maximum absolute atomic E-state index is 3.60. The van der Waals surface area contributed by atoms with Gasteiger partial charge in [-0.3, -0.25) is 0 Å². The van der Waals surface area contributed by atoms with Crippen LogP contribution in [0.4, 0.5) is 11.4 Å². The van der Waals surface area contributed by atoms with Crippen molar-refractivity contribution in [1.29, 1.82) is 0 Å². The molecular formula is C22H25N2P. The number of nitrogens with one attached hydrogen (secondary N) is 2. The van der Waals surface area contributed by atoms with Gasteiger partial charge in [0.2, 0.25) is 0 Å². The number of aryl methyl sites for hydroxylation is 2. The summed E-state index contributed by atoms with van der Waals surface area (Å²) in [5, 5.41) is 8.62. The molecule has 0 radical (unpaired) electrons. The van der Waals surface area contributed by atoms with E-state index in [9.17, 15) is 0 Å². The van der Waals surface area contributed by atoms with Crippen LogP contribution in [0.15, 0.2) is 78.9 Å². The molecule has 0 saturated carbocycles. The second-order valence-corrected chi connectivity index (χ2v) is 8.51. The van der Waals surface area contributed by atoms with E-state index in [1.807, 2.05) is 0 Å². The molecule has 0 aliphatic heterocycles. The molecular weight excluding hydrogens is 323 g/mol. The molecule has 128 valence electrons. The SMILES string of the molecule is Cc1ccc(NCP(CNc2ccc(C)cc2)c2ccccc2)cc1. The smallest absolute Gasteiger partial charge is 0.0405 e. The van der Waals surface area contributed by atoms with E-state index in [1.54, 1.807) is 0 Å². The van der Waals surface area contributed by atoms with E-state index in [1.165, 1.54) is 27.8 Å². The van der Waals surface area contributed by atoms with Crippen molar-refractivity contribution < 1.29 is 0 Å². The molecule has 0 amide bonds. The lowest BCUT2D eigenvalue weighted by molar-refractivity contribution is 1.37. The Kier molecular flexibility index (Phi) is 6.09. The van der Waals surface area contributed by atoms with Gasteiger partial charge in [0.15, 0.2) is 0 Å². The summed E-state index contributed by atoms with van der Waals surface area (Å²) >= 11 is 0. The third kappa shape index (κ3) is 5.34. The number of hydrogen-bond acceptors (Lipinski definition) is 2. The Morgan fingerprint density at radius 1 is 0.600 bits per heavy atom. The second-order valence-electron chi connectivity index (χ2n) is 6.28. The Labute approximate surface area is 152 Å². The lowest BCUT2D eigenvalue weighted by Gasteiger charge is -2.21. The van der Waals surface area contributed by atoms with E-state index >= 15 is 0 Å². The fourth-order valence-corrected chi connectivity index (χ4v) is 4.41. The molecule has 3 aromatic carbocycles. The normalized spacial score (nSPS) is 10.7. The van der Waals surface area contributed by atoms with Gasteiger partial charge in [0.25, 0.3) is 0 Å². The molecule has 0 aromatic heterocycles. The van der Waals surface area contributed by atoms with Gasteiger partial charge >= 0.3 is 0 Å². The Balaban J connectivity index is 1.66. The molecule has 0 bridgehead atoms. The van der Waals surface area contributed by atoms with Crippen molar-refractivity contribution in [1.82, 2.24) is 0 Å². The largest absolute Gasteiger partial charge is 0.381 e. The molecule has 0 atom stereocenters. The average molecular weight is 348 g/mol. The maximum Gasteiger partial charge on any atom is 0.0405 e. The van der Waals surface area contributed by atoms with Crippen LogP contribution in [-0.2, 0) is 0 Å². The monoisotopic (exact) mass is 348 g/mol. The summed E-state index contributed by atoms with van der Waals surface area (Å²) in [4.78, 5) is 0. The van der Waals surface area contributed by atoms with Gasteiger partial charge in [0, 0.05) is 23.9 Å². The van der Waals surface area contributed by atoms with Gasteiger partial charge < -0.3 is 10.6 Å². The fraction of sp³-hybridized carbons (Fsp3) is 0.182. The van der Waals surface area contributed by atoms with Gasteiger partial charge in [-0.2, -0.15) is 0 Å². The fourth-order valence-electron chi connectivity index (χ4n) is 2.59. The summed E-state index contributed by atoms with van der Waals surface area (Å²) < 4.78 is 0. The molecule has 2 nitrogen and oxygen atoms in total. The lowest BCUT2D eigenvalue weighted by atomic mass is 10.2. The molecule has 3 heteroatoms. The van der Waals surface area contributed by atoms with Crippen LogP contribution in [-0.4, -0.2) is 12.6 Å². The molecule has 3 rings (SSSR count). The molecule has 3 aromatic rings. The second kappa shape index (κ2) is 8.69. The minimum absolute atomic E-state index is 0.341. The summed E-state index contributed by atoms with van der Waals surface area (Å²) in [6, 6.07) is 28.0. The van der Waals surface area contributed by atoms with Gasteiger partial charge in [0.1, 0.15) is 0 Å². The van der Waals surface area contributed by atoms with Crippen LogP contribution in [0, 0.1) is 13.8 Å². The Morgan fingerprint density at radius 3 is 1.48 bits per heavy atom. The van der Waals surface area contributed by atoms with Crippen LogP contribution in [0.2, 0.25) is 0 Å². The Bertz CT molecular complexity index is 718. The van der Waals surface area contributed by atoms with E-state index in [0.717, 1.165) is 12.6 Å². The van der Waals surface area contributed by atoms with Crippen LogP contribution in [0.5, 0.6) is 0 Å². The standard InChI is InChI=1S/C22H25N2P/c1-18-8-12-20(13-9-18)23-16-25(22-6-4-3-5-7-22)17-24-21-14-10-19(2)11-15-21/h3-15,23-24H,16-17H2,1-2H3. The molecule has 0 fully saturated rings. The topological polar surface area (TPSA) is 24.1 Å². The number of benzene rings is 3. The number of anilines is 2. The van der Waals surface area contributed by atoms with Gasteiger partial charge in [-0.15, -0.1) is 0 Å². The van der Waals surface area contributed by atoms with Crippen LogP contribution in [0.1, 0.15) is 11.1 Å². The van der Waals surface area contributed by atoms with Crippen LogP contribution in [0.3, 0.4) is 0 Å². The van der Waals surface area contributed by atoms with Crippen molar-refractivity contribution in [2.24, 2.45) is 0 Å². The van der Waals surface area contributed by atoms with Gasteiger partial charge in [-0.1, -0.05) is 65.7 Å². The van der Waals surface area contributed by atoms with Gasteiger partial charge in [-0.05, 0) is 51.3 Å². The molecule has 0 unspecified atom stereocenters. The molecule has 2 N–H and O–H groups in total. The quantitative estimate of drug-likeness (QED) is 0.547. The zero-order valence-electron chi connectivity index (χ0n) is 14.9. The first-order valence-corrected chi connectivity index (χ1v) is 10.3. The first-order chi connectivity index (χ1) is 12.2. The van der Waals surface area contributed by atoms with Crippen molar-refractivity contribution in [2.45, 2.75) is 13.8 Å². The third-order valence-corrected chi connectivity index (χ3v) is 6.28. The van der Waals surface area contributed by atoms with E-state index < -0.39 is 0 Å². The van der Waals surface area contributed by atoms with Crippen LogP contribution in [0.25, 0.3) is 0 Å². The van der Waals surface area contributed by atoms with Gasteiger partial charge in [0.05, 0.1) is 0 Å². The predicted octanol–water partition coefficient (Wildman–Crippen LogP) is 5.55. The average Bonchev–Trinajstić information content (AvgIpc) is 2.65. The molecule has 0 aliphatic carbocycles. The van der Waals surface area contributed by atoms with Crippen molar-refractivity contribution in [3.05, 3.63) is 90.0 Å². The molecule has 25 heavy (non-hydrogen) atoms. The van der Waals surface area contributed by atoms with Crippen molar-refractivity contribution in [2.75, 3.05) is 23.2 Å². The summed E-state index contributed by atoms with van der Waals surface area (Å²) in [5.41, 5.74) is 4.95. The highest BCUT2D eigenvalue weighted by Gasteiger charge is 2.10. The van der Waals surface area contributed by atoms with Crippen molar-refractivity contribution in [3.63, 3.8) is 0 Å². The number of hydrogen-bond donors (Lipinski definition) is 2. The van der Waals surface area contributed by atoms with Crippen LogP contribution >= 0.6 is 7.92 Å². The zero-order valence-corrected chi connectivity index (χ0v) is 15.8. The molecule has 0 aliphatic rings.